The molecule has 0 N–H and O–H groups in total. The Hall–Kier alpha value is -2.54. The lowest BCUT2D eigenvalue weighted by Gasteiger charge is -2.27. The standard InChI is InChI=1S/C20H21N3O3S/c1-21-12-14(15-7-3-4-8-16(15)21)11-17-19(25)23(20(26)27-17)13-18(24)22-9-5-2-6-10-22/h3-4,7-8,11-12H,2,5-6,9-10,13H2,1H3/b17-11-. The fourth-order valence-electron chi connectivity index (χ4n) is 3.64. The minimum absolute atomic E-state index is 0.150. The summed E-state index contributed by atoms with van der Waals surface area (Å²) in [4.78, 5) is 40.7. The molecule has 1 aromatic carbocycles. The van der Waals surface area contributed by atoms with E-state index < -0.39 is 0 Å². The van der Waals surface area contributed by atoms with Crippen LogP contribution in [0.3, 0.4) is 0 Å². The van der Waals surface area contributed by atoms with Crippen LogP contribution in [0, 0.1) is 0 Å². The van der Waals surface area contributed by atoms with Crippen molar-refractivity contribution in [1.29, 1.82) is 0 Å². The first-order chi connectivity index (χ1) is 13.0. The average Bonchev–Trinajstić information content (AvgIpc) is 3.14. The number of hydrogen-bond donors (Lipinski definition) is 0. The highest BCUT2D eigenvalue weighted by molar-refractivity contribution is 8.18. The van der Waals surface area contributed by atoms with Crippen LogP contribution < -0.4 is 0 Å². The number of fused-ring (bicyclic) bond motifs is 1. The highest BCUT2D eigenvalue weighted by atomic mass is 32.2. The molecule has 0 saturated carbocycles. The number of piperidine rings is 1. The molecule has 2 fully saturated rings. The number of aromatic nitrogens is 1. The van der Waals surface area contributed by atoms with Crippen LogP contribution in [0.5, 0.6) is 0 Å². The Balaban J connectivity index is 1.55. The van der Waals surface area contributed by atoms with Gasteiger partial charge in [0.05, 0.1) is 4.91 Å². The minimum atomic E-state index is -0.386. The van der Waals surface area contributed by atoms with Crippen LogP contribution in [0.25, 0.3) is 17.0 Å². The van der Waals surface area contributed by atoms with Gasteiger partial charge in [0.1, 0.15) is 6.54 Å². The number of thioether (sulfide) groups is 1. The van der Waals surface area contributed by atoms with Gasteiger partial charge in [-0.15, -0.1) is 0 Å². The van der Waals surface area contributed by atoms with Crippen molar-refractivity contribution in [2.45, 2.75) is 19.3 Å². The van der Waals surface area contributed by atoms with Crippen molar-refractivity contribution < 1.29 is 14.4 Å². The third-order valence-electron chi connectivity index (χ3n) is 5.09. The Bertz CT molecular complexity index is 957. The predicted molar refractivity (Wildman–Crippen MR) is 106 cm³/mol. The highest BCUT2D eigenvalue weighted by Crippen LogP contribution is 2.34. The largest absolute Gasteiger partial charge is 0.350 e. The molecule has 4 rings (SSSR count). The van der Waals surface area contributed by atoms with E-state index in [2.05, 4.69) is 0 Å². The number of rotatable bonds is 3. The van der Waals surface area contributed by atoms with Gasteiger partial charge in [0.15, 0.2) is 0 Å². The zero-order valence-corrected chi connectivity index (χ0v) is 16.0. The molecule has 0 bridgehead atoms. The molecule has 2 aliphatic rings. The zero-order chi connectivity index (χ0) is 19.0. The lowest BCUT2D eigenvalue weighted by molar-refractivity contribution is -0.136. The molecule has 2 aromatic rings. The number of nitrogens with zero attached hydrogens (tertiary/aromatic N) is 3. The van der Waals surface area contributed by atoms with Crippen molar-refractivity contribution in [2.75, 3.05) is 19.6 Å². The topological polar surface area (TPSA) is 62.6 Å². The maximum atomic E-state index is 12.7. The molecule has 0 atom stereocenters. The Kier molecular flexibility index (Phi) is 4.78. The molecule has 0 radical (unpaired) electrons. The zero-order valence-electron chi connectivity index (χ0n) is 15.2. The van der Waals surface area contributed by atoms with Gasteiger partial charge in [-0.25, -0.2) is 0 Å². The van der Waals surface area contributed by atoms with Gasteiger partial charge in [-0.3, -0.25) is 19.3 Å². The highest BCUT2D eigenvalue weighted by Gasteiger charge is 2.37. The first-order valence-electron chi connectivity index (χ1n) is 9.12. The normalized spacial score (nSPS) is 19.5. The van der Waals surface area contributed by atoms with Gasteiger partial charge in [-0.2, -0.15) is 0 Å². The number of para-hydroxylation sites is 1. The van der Waals surface area contributed by atoms with Crippen LogP contribution in [-0.2, 0) is 16.6 Å². The SMILES string of the molecule is Cn1cc(/C=C2\SC(=O)N(CC(=O)N3CCCCC3)C2=O)c2ccccc21. The van der Waals surface area contributed by atoms with E-state index in [0.717, 1.165) is 52.4 Å². The van der Waals surface area contributed by atoms with Crippen LogP contribution in [0.1, 0.15) is 24.8 Å². The fourth-order valence-corrected chi connectivity index (χ4v) is 4.47. The van der Waals surface area contributed by atoms with Crippen LogP contribution in [0.15, 0.2) is 35.4 Å². The smallest absolute Gasteiger partial charge is 0.294 e. The van der Waals surface area contributed by atoms with E-state index in [1.165, 1.54) is 0 Å². The van der Waals surface area contributed by atoms with E-state index in [4.69, 9.17) is 0 Å². The molecule has 140 valence electrons. The fraction of sp³-hybridized carbons (Fsp3) is 0.350. The van der Waals surface area contributed by atoms with Crippen LogP contribution in [0.2, 0.25) is 0 Å². The summed E-state index contributed by atoms with van der Waals surface area (Å²) < 4.78 is 1.99. The van der Waals surface area contributed by atoms with Crippen molar-refractivity contribution in [2.24, 2.45) is 7.05 Å². The summed E-state index contributed by atoms with van der Waals surface area (Å²) in [6, 6.07) is 7.91. The van der Waals surface area contributed by atoms with Crippen molar-refractivity contribution in [3.8, 4) is 0 Å². The van der Waals surface area contributed by atoms with Crippen molar-refractivity contribution >= 4 is 45.8 Å². The maximum Gasteiger partial charge on any atom is 0.294 e. The second kappa shape index (κ2) is 7.23. The summed E-state index contributed by atoms with van der Waals surface area (Å²) >= 11 is 0.902. The number of likely N-dealkylation sites (tertiary alicyclic amines) is 1. The van der Waals surface area contributed by atoms with E-state index >= 15 is 0 Å². The maximum absolute atomic E-state index is 12.7. The Morgan fingerprint density at radius 3 is 2.67 bits per heavy atom. The quantitative estimate of drug-likeness (QED) is 0.764. The number of carbonyl (C=O) groups excluding carboxylic acids is 3. The summed E-state index contributed by atoms with van der Waals surface area (Å²) in [6.45, 7) is 1.25. The molecule has 27 heavy (non-hydrogen) atoms. The summed E-state index contributed by atoms with van der Waals surface area (Å²) in [6.07, 6.45) is 6.78. The second-order valence-corrected chi connectivity index (χ2v) is 7.91. The number of imide groups is 1. The van der Waals surface area contributed by atoms with Gasteiger partial charge in [0, 0.05) is 42.8 Å². The summed E-state index contributed by atoms with van der Waals surface area (Å²) in [5.41, 5.74) is 1.95. The molecule has 7 heteroatoms. The van der Waals surface area contributed by atoms with Gasteiger partial charge in [0.2, 0.25) is 5.91 Å². The number of benzene rings is 1. The number of carbonyl (C=O) groups is 3. The van der Waals surface area contributed by atoms with E-state index in [1.54, 1.807) is 11.0 Å². The Labute approximate surface area is 161 Å². The second-order valence-electron chi connectivity index (χ2n) is 6.92. The Morgan fingerprint density at radius 1 is 1.15 bits per heavy atom. The third-order valence-corrected chi connectivity index (χ3v) is 6.00. The molecular weight excluding hydrogens is 362 g/mol. The molecule has 3 amide bonds. The van der Waals surface area contributed by atoms with E-state index in [0.29, 0.717) is 18.0 Å². The van der Waals surface area contributed by atoms with Crippen molar-refractivity contribution in [3.05, 3.63) is 40.9 Å². The summed E-state index contributed by atoms with van der Waals surface area (Å²) in [7, 11) is 1.95. The molecule has 0 aliphatic carbocycles. The first-order valence-corrected chi connectivity index (χ1v) is 9.93. The third kappa shape index (κ3) is 3.39. The van der Waals surface area contributed by atoms with Crippen LogP contribution in [0.4, 0.5) is 4.79 Å². The molecule has 0 spiro atoms. The number of amides is 3. The minimum Gasteiger partial charge on any atom is -0.350 e. The number of aryl methyl sites for hydroxylation is 1. The Morgan fingerprint density at radius 2 is 1.89 bits per heavy atom. The first kappa shape index (κ1) is 17.9. The molecule has 0 unspecified atom stereocenters. The van der Waals surface area contributed by atoms with Crippen molar-refractivity contribution in [3.63, 3.8) is 0 Å². The van der Waals surface area contributed by atoms with Crippen molar-refractivity contribution in [1.82, 2.24) is 14.4 Å². The van der Waals surface area contributed by atoms with E-state index in [1.807, 2.05) is 42.1 Å². The van der Waals surface area contributed by atoms with E-state index in [9.17, 15) is 14.4 Å². The number of hydrogen-bond acceptors (Lipinski definition) is 4. The van der Waals surface area contributed by atoms with E-state index in [-0.39, 0.29) is 23.6 Å². The summed E-state index contributed by atoms with van der Waals surface area (Å²) in [5, 5.41) is 0.646. The van der Waals surface area contributed by atoms with Gasteiger partial charge in [-0.1, -0.05) is 18.2 Å². The molecule has 1 aromatic heterocycles. The van der Waals surface area contributed by atoms with Crippen LogP contribution >= 0.6 is 11.8 Å². The molecule has 3 heterocycles. The van der Waals surface area contributed by atoms with Gasteiger partial charge in [-0.05, 0) is 43.2 Å². The molecule has 2 aliphatic heterocycles. The molecule has 6 nitrogen and oxygen atoms in total. The lowest BCUT2D eigenvalue weighted by atomic mass is 10.1. The predicted octanol–water partition coefficient (Wildman–Crippen LogP) is 3.23. The summed E-state index contributed by atoms with van der Waals surface area (Å²) in [5.74, 6) is -0.535. The average molecular weight is 383 g/mol. The van der Waals surface area contributed by atoms with Crippen LogP contribution in [-0.4, -0.2) is 51.1 Å². The lowest BCUT2D eigenvalue weighted by Crippen LogP contribution is -2.44. The molecule has 2 saturated heterocycles. The molecular formula is C20H21N3O3S. The van der Waals surface area contributed by atoms with Gasteiger partial charge in [0.25, 0.3) is 11.1 Å². The van der Waals surface area contributed by atoms with Gasteiger partial charge < -0.3 is 9.47 Å². The monoisotopic (exact) mass is 383 g/mol. The van der Waals surface area contributed by atoms with Gasteiger partial charge >= 0.3 is 0 Å².